The van der Waals surface area contributed by atoms with Gasteiger partial charge in [-0.1, -0.05) is 78.7 Å². The lowest BCUT2D eigenvalue weighted by atomic mass is 9.91. The number of aliphatic carboxylic acids is 1. The molecule has 1 aromatic heterocycles. The van der Waals surface area contributed by atoms with Crippen molar-refractivity contribution in [1.82, 2.24) is 4.98 Å². The largest absolute Gasteiger partial charge is 0.508 e. The standard InChI is InChI=1S/C38H34ClNO7/c1-22(46-38(45)47-28-13-6-3-7-14-28)35(37(43)44)26-12-8-11-24(17-26)31-19-27-18-30(32(39)21-33(27)40-36(31)42)25-15-16-29(34(41)20-25)23-9-4-2-5-10-23/h2,4-5,8-12,15-22,28,35,41H,3,6-7,13-14H2,1H3,(H,40,42)(H,43,44). The molecule has 1 saturated carbocycles. The Kier molecular flexibility index (Phi) is 9.31. The highest BCUT2D eigenvalue weighted by atomic mass is 35.5. The highest BCUT2D eigenvalue weighted by Gasteiger charge is 2.31. The number of aromatic nitrogens is 1. The van der Waals surface area contributed by atoms with Gasteiger partial charge in [-0.15, -0.1) is 0 Å². The van der Waals surface area contributed by atoms with Gasteiger partial charge in [0.15, 0.2) is 0 Å². The molecule has 0 bridgehead atoms. The molecule has 1 aliphatic carbocycles. The maximum atomic E-state index is 13.3. The van der Waals surface area contributed by atoms with Crippen molar-refractivity contribution < 1.29 is 29.3 Å². The Morgan fingerprint density at radius 3 is 2.26 bits per heavy atom. The van der Waals surface area contributed by atoms with Crippen LogP contribution in [-0.4, -0.2) is 39.5 Å². The average Bonchev–Trinajstić information content (AvgIpc) is 3.05. The summed E-state index contributed by atoms with van der Waals surface area (Å²) in [7, 11) is 0. The van der Waals surface area contributed by atoms with Gasteiger partial charge in [0.25, 0.3) is 5.56 Å². The zero-order valence-corrected chi connectivity index (χ0v) is 26.5. The van der Waals surface area contributed by atoms with E-state index in [2.05, 4.69) is 4.98 Å². The predicted octanol–water partition coefficient (Wildman–Crippen LogP) is 8.93. The molecule has 3 N–H and O–H groups in total. The molecule has 0 amide bonds. The Bertz CT molecular complexity index is 2000. The fourth-order valence-electron chi connectivity index (χ4n) is 6.31. The number of fused-ring (bicyclic) bond motifs is 1. The van der Waals surface area contributed by atoms with E-state index in [9.17, 15) is 24.6 Å². The minimum Gasteiger partial charge on any atom is -0.507 e. The topological polar surface area (TPSA) is 126 Å². The van der Waals surface area contributed by atoms with E-state index >= 15 is 0 Å². The van der Waals surface area contributed by atoms with E-state index in [1.165, 1.54) is 6.92 Å². The SMILES string of the molecule is CC(OC(=O)OC1CCCCC1)C(C(=O)O)c1cccc(-c2cc3cc(-c4ccc(-c5ccccc5)c(O)c4)c(Cl)cc3[nH]c2=O)c1. The molecule has 4 aromatic carbocycles. The second kappa shape index (κ2) is 13.7. The number of rotatable bonds is 8. The van der Waals surface area contributed by atoms with Gasteiger partial charge in [-0.25, -0.2) is 4.79 Å². The summed E-state index contributed by atoms with van der Waals surface area (Å²) in [5.74, 6) is -2.25. The molecular weight excluding hydrogens is 618 g/mol. The van der Waals surface area contributed by atoms with Gasteiger partial charge in [0.2, 0.25) is 0 Å². The number of carboxylic acids is 1. The molecular formula is C38H34ClNO7. The van der Waals surface area contributed by atoms with E-state index in [0.717, 1.165) is 37.7 Å². The average molecular weight is 652 g/mol. The van der Waals surface area contributed by atoms with Gasteiger partial charge < -0.3 is 24.7 Å². The predicted molar refractivity (Wildman–Crippen MR) is 182 cm³/mol. The Labute approximate surface area is 276 Å². The van der Waals surface area contributed by atoms with Gasteiger partial charge >= 0.3 is 12.1 Å². The van der Waals surface area contributed by atoms with Gasteiger partial charge in [-0.3, -0.25) is 9.59 Å². The van der Waals surface area contributed by atoms with Crippen molar-refractivity contribution in [3.05, 3.63) is 112 Å². The second-order valence-corrected chi connectivity index (χ2v) is 12.3. The zero-order valence-electron chi connectivity index (χ0n) is 25.7. The minimum absolute atomic E-state index is 0.109. The molecule has 9 heteroatoms. The van der Waals surface area contributed by atoms with E-state index in [1.807, 2.05) is 48.5 Å². The molecule has 240 valence electrons. The lowest BCUT2D eigenvalue weighted by Gasteiger charge is -2.24. The van der Waals surface area contributed by atoms with E-state index in [0.29, 0.717) is 49.3 Å². The fraction of sp³-hybridized carbons (Fsp3) is 0.237. The highest BCUT2D eigenvalue weighted by molar-refractivity contribution is 6.34. The van der Waals surface area contributed by atoms with Crippen molar-refractivity contribution in [2.45, 2.75) is 57.2 Å². The number of aromatic amines is 1. The Hall–Kier alpha value is -5.08. The summed E-state index contributed by atoms with van der Waals surface area (Å²) in [5.41, 5.74) is 4.28. The van der Waals surface area contributed by atoms with Gasteiger partial charge in [0.1, 0.15) is 23.9 Å². The van der Waals surface area contributed by atoms with Crippen molar-refractivity contribution in [2.75, 3.05) is 0 Å². The summed E-state index contributed by atoms with van der Waals surface area (Å²) in [6, 6.07) is 26.8. The molecule has 1 heterocycles. The number of H-pyrrole nitrogens is 1. The number of nitrogens with one attached hydrogen (secondary N) is 1. The van der Waals surface area contributed by atoms with E-state index < -0.39 is 24.1 Å². The van der Waals surface area contributed by atoms with Crippen LogP contribution in [0.3, 0.4) is 0 Å². The van der Waals surface area contributed by atoms with Gasteiger partial charge in [0, 0.05) is 22.2 Å². The van der Waals surface area contributed by atoms with Crippen LogP contribution in [0.5, 0.6) is 5.75 Å². The molecule has 0 spiro atoms. The number of ether oxygens (including phenoxy) is 2. The number of phenols is 1. The number of hydrogen-bond donors (Lipinski definition) is 3. The van der Waals surface area contributed by atoms with Crippen molar-refractivity contribution in [3.8, 4) is 39.1 Å². The first kappa shape index (κ1) is 31.9. The van der Waals surface area contributed by atoms with Crippen molar-refractivity contribution in [3.63, 3.8) is 0 Å². The maximum absolute atomic E-state index is 13.3. The van der Waals surface area contributed by atoms with Crippen LogP contribution >= 0.6 is 11.6 Å². The molecule has 1 fully saturated rings. The first-order chi connectivity index (χ1) is 22.7. The number of aromatic hydroxyl groups is 1. The first-order valence-corrected chi connectivity index (χ1v) is 16.0. The molecule has 0 aliphatic heterocycles. The van der Waals surface area contributed by atoms with E-state index in [4.69, 9.17) is 21.1 Å². The van der Waals surface area contributed by atoms with Crippen LogP contribution in [-0.2, 0) is 14.3 Å². The lowest BCUT2D eigenvalue weighted by Crippen LogP contribution is -2.30. The Morgan fingerprint density at radius 1 is 0.830 bits per heavy atom. The summed E-state index contributed by atoms with van der Waals surface area (Å²) >= 11 is 6.66. The first-order valence-electron chi connectivity index (χ1n) is 15.6. The molecule has 2 unspecified atom stereocenters. The lowest BCUT2D eigenvalue weighted by molar-refractivity contribution is -0.141. The third-order valence-electron chi connectivity index (χ3n) is 8.71. The third-order valence-corrected chi connectivity index (χ3v) is 9.03. The fourth-order valence-corrected chi connectivity index (χ4v) is 6.58. The van der Waals surface area contributed by atoms with Crippen LogP contribution in [0.4, 0.5) is 4.79 Å². The Morgan fingerprint density at radius 2 is 1.53 bits per heavy atom. The van der Waals surface area contributed by atoms with Crippen LogP contribution in [0.25, 0.3) is 44.3 Å². The molecule has 6 rings (SSSR count). The molecule has 0 radical (unpaired) electrons. The molecule has 1 aliphatic rings. The number of halogens is 1. The minimum atomic E-state index is -1.19. The van der Waals surface area contributed by atoms with Crippen LogP contribution < -0.4 is 5.56 Å². The van der Waals surface area contributed by atoms with Gasteiger partial charge in [0.05, 0.1) is 5.02 Å². The summed E-state index contributed by atoms with van der Waals surface area (Å²) in [6.45, 7) is 1.52. The van der Waals surface area contributed by atoms with Crippen molar-refractivity contribution >= 4 is 34.6 Å². The Balaban J connectivity index is 1.29. The van der Waals surface area contributed by atoms with E-state index in [-0.39, 0.29) is 17.4 Å². The van der Waals surface area contributed by atoms with Crippen LogP contribution in [0, 0.1) is 0 Å². The summed E-state index contributed by atoms with van der Waals surface area (Å²) < 4.78 is 10.9. The number of carbonyl (C=O) groups is 2. The summed E-state index contributed by atoms with van der Waals surface area (Å²) in [4.78, 5) is 41.0. The zero-order chi connectivity index (χ0) is 33.1. The monoisotopic (exact) mass is 651 g/mol. The number of phenolic OH excluding ortho intramolecular Hbond substituents is 1. The number of carbonyl (C=O) groups excluding carboxylic acids is 1. The van der Waals surface area contributed by atoms with Gasteiger partial charge in [-0.05, 0) is 90.6 Å². The number of pyridine rings is 1. The molecule has 2 atom stereocenters. The smallest absolute Gasteiger partial charge is 0.507 e. The van der Waals surface area contributed by atoms with Gasteiger partial charge in [-0.2, -0.15) is 0 Å². The highest BCUT2D eigenvalue weighted by Crippen LogP contribution is 2.38. The molecule has 47 heavy (non-hydrogen) atoms. The number of benzene rings is 4. The number of carboxylic acid groups (broad SMARTS) is 1. The van der Waals surface area contributed by atoms with Crippen molar-refractivity contribution in [2.24, 2.45) is 0 Å². The van der Waals surface area contributed by atoms with Crippen LogP contribution in [0.15, 0.2) is 95.8 Å². The third kappa shape index (κ3) is 7.03. The van der Waals surface area contributed by atoms with Crippen molar-refractivity contribution in [1.29, 1.82) is 0 Å². The normalized spacial score (nSPS) is 14.8. The molecule has 0 saturated heterocycles. The summed E-state index contributed by atoms with van der Waals surface area (Å²) in [5, 5.41) is 22.1. The molecule has 5 aromatic rings. The van der Waals surface area contributed by atoms with Crippen LogP contribution in [0.1, 0.15) is 50.5 Å². The number of hydrogen-bond acceptors (Lipinski definition) is 6. The quantitative estimate of drug-likeness (QED) is 0.143. The van der Waals surface area contributed by atoms with E-state index in [1.54, 1.807) is 42.5 Å². The summed E-state index contributed by atoms with van der Waals surface area (Å²) in [6.07, 6.45) is 2.47. The van der Waals surface area contributed by atoms with Crippen LogP contribution in [0.2, 0.25) is 5.02 Å². The molecule has 8 nitrogen and oxygen atoms in total. The maximum Gasteiger partial charge on any atom is 0.508 e. The second-order valence-electron chi connectivity index (χ2n) is 11.9.